The zero-order valence-corrected chi connectivity index (χ0v) is 12.8. The number of hydrogen-bond donors (Lipinski definition) is 1. The predicted octanol–water partition coefficient (Wildman–Crippen LogP) is 5.87. The monoisotopic (exact) mass is 278 g/mol. The second kappa shape index (κ2) is 7.10. The summed E-state index contributed by atoms with van der Waals surface area (Å²) in [4.78, 5) is 0. The zero-order valence-electron chi connectivity index (χ0n) is 12.8. The van der Waals surface area contributed by atoms with Gasteiger partial charge in [0.15, 0.2) is 0 Å². The van der Waals surface area contributed by atoms with E-state index in [9.17, 15) is 9.50 Å². The molecular formula is C18H27FO. The predicted molar refractivity (Wildman–Crippen MR) is 81.8 cm³/mol. The molecule has 0 heterocycles. The lowest BCUT2D eigenvalue weighted by atomic mass is 9.87. The smallest absolute Gasteiger partial charge is 0.127 e. The lowest BCUT2D eigenvalue weighted by Gasteiger charge is -2.19. The minimum Gasteiger partial charge on any atom is -0.508 e. The fraction of sp³-hybridized carbons (Fsp3) is 0.667. The summed E-state index contributed by atoms with van der Waals surface area (Å²) < 4.78 is 14.4. The van der Waals surface area contributed by atoms with Crippen molar-refractivity contribution in [3.63, 3.8) is 0 Å². The van der Waals surface area contributed by atoms with E-state index in [1.165, 1.54) is 38.5 Å². The lowest BCUT2D eigenvalue weighted by Crippen LogP contribution is -2.04. The van der Waals surface area contributed by atoms with Crippen LogP contribution in [0.3, 0.4) is 0 Å². The maximum absolute atomic E-state index is 14.4. The molecule has 0 aromatic heterocycles. The SMILES string of the molecule is CC(C)c1cc(F)c(C2CCCCCCCC2)cc1O. The molecule has 0 amide bonds. The molecule has 0 bridgehead atoms. The summed E-state index contributed by atoms with van der Waals surface area (Å²) in [5, 5.41) is 10.1. The first kappa shape index (κ1) is 15.3. The lowest BCUT2D eigenvalue weighted by molar-refractivity contribution is 0.452. The molecule has 1 N–H and O–H groups in total. The molecule has 1 aromatic carbocycles. The van der Waals surface area contributed by atoms with Gasteiger partial charge in [-0.2, -0.15) is 0 Å². The minimum atomic E-state index is -0.129. The second-order valence-corrected chi connectivity index (χ2v) is 6.48. The first-order chi connectivity index (χ1) is 9.59. The van der Waals surface area contributed by atoms with Crippen LogP contribution in [-0.2, 0) is 0 Å². The normalized spacial score (nSPS) is 18.6. The molecule has 0 spiro atoms. The number of rotatable bonds is 2. The number of phenols is 1. The zero-order chi connectivity index (χ0) is 14.5. The van der Waals surface area contributed by atoms with Crippen molar-refractivity contribution < 1.29 is 9.50 Å². The Morgan fingerprint density at radius 2 is 1.55 bits per heavy atom. The fourth-order valence-corrected chi connectivity index (χ4v) is 3.31. The minimum absolute atomic E-state index is 0.129. The molecular weight excluding hydrogens is 251 g/mol. The molecule has 0 unspecified atom stereocenters. The molecule has 0 aliphatic heterocycles. The standard InChI is InChI=1S/C18H27FO/c1-13(2)15-11-17(19)16(12-18(15)20)14-9-7-5-3-4-6-8-10-14/h11-14,20H,3-10H2,1-2H3. The van der Waals surface area contributed by atoms with Gasteiger partial charge in [-0.1, -0.05) is 52.4 Å². The van der Waals surface area contributed by atoms with Gasteiger partial charge in [-0.05, 0) is 47.9 Å². The van der Waals surface area contributed by atoms with E-state index in [2.05, 4.69) is 0 Å². The van der Waals surface area contributed by atoms with Crippen molar-refractivity contribution >= 4 is 0 Å². The van der Waals surface area contributed by atoms with Gasteiger partial charge in [0.2, 0.25) is 0 Å². The van der Waals surface area contributed by atoms with Crippen LogP contribution < -0.4 is 0 Å². The molecule has 20 heavy (non-hydrogen) atoms. The quantitative estimate of drug-likeness (QED) is 0.717. The highest BCUT2D eigenvalue weighted by Crippen LogP contribution is 2.36. The van der Waals surface area contributed by atoms with Crippen LogP contribution in [0.25, 0.3) is 0 Å². The van der Waals surface area contributed by atoms with Gasteiger partial charge in [-0.25, -0.2) is 4.39 Å². The first-order valence-electron chi connectivity index (χ1n) is 8.12. The highest BCUT2D eigenvalue weighted by Gasteiger charge is 2.19. The average Bonchev–Trinajstić information content (AvgIpc) is 2.54. The Morgan fingerprint density at radius 1 is 1.00 bits per heavy atom. The van der Waals surface area contributed by atoms with Crippen LogP contribution in [0.15, 0.2) is 12.1 Å². The summed E-state index contributed by atoms with van der Waals surface area (Å²) in [6.45, 7) is 3.96. The van der Waals surface area contributed by atoms with E-state index in [-0.39, 0.29) is 23.4 Å². The highest BCUT2D eigenvalue weighted by atomic mass is 19.1. The summed E-state index contributed by atoms with van der Waals surface area (Å²) in [7, 11) is 0. The maximum atomic E-state index is 14.4. The first-order valence-corrected chi connectivity index (χ1v) is 8.12. The molecule has 2 heteroatoms. The van der Waals surface area contributed by atoms with Gasteiger partial charge < -0.3 is 5.11 Å². The van der Waals surface area contributed by atoms with Crippen molar-refractivity contribution in [1.82, 2.24) is 0 Å². The number of aromatic hydroxyl groups is 1. The largest absolute Gasteiger partial charge is 0.508 e. The molecule has 2 rings (SSSR count). The van der Waals surface area contributed by atoms with Gasteiger partial charge in [-0.15, -0.1) is 0 Å². The van der Waals surface area contributed by atoms with Gasteiger partial charge in [-0.3, -0.25) is 0 Å². The summed E-state index contributed by atoms with van der Waals surface area (Å²) in [6.07, 6.45) is 9.60. The molecule has 1 aliphatic carbocycles. The van der Waals surface area contributed by atoms with Gasteiger partial charge in [0.1, 0.15) is 11.6 Å². The Labute approximate surface area is 122 Å². The topological polar surface area (TPSA) is 20.2 Å². The van der Waals surface area contributed by atoms with Crippen molar-refractivity contribution in [3.05, 3.63) is 29.1 Å². The Balaban J connectivity index is 2.23. The molecule has 0 saturated heterocycles. The fourth-order valence-electron chi connectivity index (χ4n) is 3.31. The van der Waals surface area contributed by atoms with E-state index in [1.54, 1.807) is 12.1 Å². The Hall–Kier alpha value is -1.05. The van der Waals surface area contributed by atoms with Crippen LogP contribution in [-0.4, -0.2) is 5.11 Å². The van der Waals surface area contributed by atoms with Crippen molar-refractivity contribution in [2.75, 3.05) is 0 Å². The van der Waals surface area contributed by atoms with Crippen LogP contribution in [0.2, 0.25) is 0 Å². The van der Waals surface area contributed by atoms with E-state index in [0.29, 0.717) is 5.56 Å². The van der Waals surface area contributed by atoms with E-state index < -0.39 is 0 Å². The van der Waals surface area contributed by atoms with Crippen LogP contribution in [0, 0.1) is 5.82 Å². The maximum Gasteiger partial charge on any atom is 0.127 e. The molecule has 1 saturated carbocycles. The average molecular weight is 278 g/mol. The van der Waals surface area contributed by atoms with E-state index >= 15 is 0 Å². The van der Waals surface area contributed by atoms with E-state index in [1.807, 2.05) is 13.8 Å². The third-order valence-corrected chi connectivity index (χ3v) is 4.56. The molecule has 1 nitrogen and oxygen atoms in total. The summed E-state index contributed by atoms with van der Waals surface area (Å²) in [6, 6.07) is 3.23. The molecule has 112 valence electrons. The van der Waals surface area contributed by atoms with Crippen molar-refractivity contribution in [2.24, 2.45) is 0 Å². The van der Waals surface area contributed by atoms with Gasteiger partial charge in [0.25, 0.3) is 0 Å². The number of phenolic OH excluding ortho intramolecular Hbond substituents is 1. The van der Waals surface area contributed by atoms with E-state index in [4.69, 9.17) is 0 Å². The van der Waals surface area contributed by atoms with Crippen LogP contribution in [0.1, 0.15) is 88.2 Å². The molecule has 1 aromatic rings. The Bertz CT molecular complexity index is 429. The molecule has 0 radical (unpaired) electrons. The van der Waals surface area contributed by atoms with Crippen LogP contribution >= 0.6 is 0 Å². The number of hydrogen-bond acceptors (Lipinski definition) is 1. The summed E-state index contributed by atoms with van der Waals surface area (Å²) in [5.41, 5.74) is 1.45. The third-order valence-electron chi connectivity index (χ3n) is 4.56. The van der Waals surface area contributed by atoms with Gasteiger partial charge >= 0.3 is 0 Å². The van der Waals surface area contributed by atoms with Gasteiger partial charge in [0.05, 0.1) is 0 Å². The number of benzene rings is 1. The molecule has 0 atom stereocenters. The number of halogens is 1. The second-order valence-electron chi connectivity index (χ2n) is 6.48. The molecule has 1 fully saturated rings. The van der Waals surface area contributed by atoms with Crippen molar-refractivity contribution in [2.45, 2.75) is 77.0 Å². The Morgan fingerprint density at radius 3 is 2.10 bits per heavy atom. The van der Waals surface area contributed by atoms with Crippen molar-refractivity contribution in [1.29, 1.82) is 0 Å². The van der Waals surface area contributed by atoms with Crippen LogP contribution in [0.4, 0.5) is 4.39 Å². The van der Waals surface area contributed by atoms with Gasteiger partial charge in [0, 0.05) is 0 Å². The Kier molecular flexibility index (Phi) is 5.45. The summed E-state index contributed by atoms with van der Waals surface area (Å²) >= 11 is 0. The van der Waals surface area contributed by atoms with Crippen molar-refractivity contribution in [3.8, 4) is 5.75 Å². The van der Waals surface area contributed by atoms with E-state index in [0.717, 1.165) is 18.4 Å². The highest BCUT2D eigenvalue weighted by molar-refractivity contribution is 5.40. The molecule has 1 aliphatic rings. The van der Waals surface area contributed by atoms with Crippen LogP contribution in [0.5, 0.6) is 5.75 Å². The third kappa shape index (κ3) is 3.74. The summed E-state index contributed by atoms with van der Waals surface area (Å²) in [5.74, 6) is 0.561.